The summed E-state index contributed by atoms with van der Waals surface area (Å²) in [6.07, 6.45) is 3.80. The lowest BCUT2D eigenvalue weighted by molar-refractivity contribution is -0.121. The average molecular weight is 431 g/mol. The van der Waals surface area contributed by atoms with E-state index in [1.807, 2.05) is 12.1 Å². The number of hydrogen-bond acceptors (Lipinski definition) is 7. The minimum Gasteiger partial charge on any atom is -0.462 e. The van der Waals surface area contributed by atoms with Crippen LogP contribution in [0.3, 0.4) is 0 Å². The molecule has 1 aliphatic carbocycles. The van der Waals surface area contributed by atoms with Crippen LogP contribution in [0.5, 0.6) is 0 Å². The summed E-state index contributed by atoms with van der Waals surface area (Å²) < 4.78 is 5.26. The summed E-state index contributed by atoms with van der Waals surface area (Å²) in [7, 11) is 0. The molecule has 2 heterocycles. The van der Waals surface area contributed by atoms with Gasteiger partial charge in [0.25, 0.3) is 0 Å². The van der Waals surface area contributed by atoms with Crippen LogP contribution in [0.15, 0.2) is 29.2 Å². The van der Waals surface area contributed by atoms with Crippen molar-refractivity contribution in [3.63, 3.8) is 0 Å². The van der Waals surface area contributed by atoms with E-state index in [1.165, 1.54) is 28.0 Å². The number of nitrogens with zero attached hydrogens (tertiary/aromatic N) is 1. The van der Waals surface area contributed by atoms with Gasteiger partial charge in [-0.3, -0.25) is 9.59 Å². The molecule has 8 heteroatoms. The Morgan fingerprint density at radius 3 is 2.69 bits per heavy atom. The van der Waals surface area contributed by atoms with Gasteiger partial charge < -0.3 is 10.5 Å². The predicted octanol–water partition coefficient (Wildman–Crippen LogP) is 3.81. The Kier molecular flexibility index (Phi) is 5.65. The lowest BCUT2D eigenvalue weighted by Crippen LogP contribution is -2.32. The van der Waals surface area contributed by atoms with E-state index < -0.39 is 11.2 Å². The highest BCUT2D eigenvalue weighted by molar-refractivity contribution is 8.00. The number of amides is 2. The third-order valence-electron chi connectivity index (χ3n) is 5.10. The maximum atomic E-state index is 13.1. The molecular weight excluding hydrogens is 408 g/mol. The molecule has 2 aromatic rings. The minimum atomic E-state index is -0.514. The molecule has 152 valence electrons. The molecular formula is C21H22N2O4S2. The fraction of sp³-hybridized carbons (Fsp3) is 0.381. The fourth-order valence-electron chi connectivity index (χ4n) is 3.74. The van der Waals surface area contributed by atoms with Crippen LogP contribution in [-0.2, 0) is 27.2 Å². The van der Waals surface area contributed by atoms with E-state index in [-0.39, 0.29) is 24.8 Å². The van der Waals surface area contributed by atoms with E-state index in [4.69, 9.17) is 10.5 Å². The number of nitrogen functional groups attached to an aromatic ring is 1. The summed E-state index contributed by atoms with van der Waals surface area (Å²) in [6.45, 7) is 2.00. The Morgan fingerprint density at radius 1 is 1.24 bits per heavy atom. The molecule has 29 heavy (non-hydrogen) atoms. The molecule has 6 nitrogen and oxygen atoms in total. The van der Waals surface area contributed by atoms with Gasteiger partial charge in [0.05, 0.1) is 17.4 Å². The van der Waals surface area contributed by atoms with Gasteiger partial charge in [0.2, 0.25) is 11.8 Å². The molecule has 4 rings (SSSR count). The summed E-state index contributed by atoms with van der Waals surface area (Å²) >= 11 is 2.74. The van der Waals surface area contributed by atoms with Crippen molar-refractivity contribution in [1.29, 1.82) is 0 Å². The zero-order valence-corrected chi connectivity index (χ0v) is 17.7. The van der Waals surface area contributed by atoms with Crippen LogP contribution in [0.1, 0.15) is 47.0 Å². The maximum Gasteiger partial charge on any atom is 0.341 e. The monoisotopic (exact) mass is 430 g/mol. The molecule has 1 saturated heterocycles. The largest absolute Gasteiger partial charge is 0.462 e. The number of thiophene rings is 1. The Hall–Kier alpha value is -2.32. The molecule has 2 amide bonds. The number of anilines is 2. The van der Waals surface area contributed by atoms with Gasteiger partial charge >= 0.3 is 5.97 Å². The molecule has 1 aromatic carbocycles. The van der Waals surface area contributed by atoms with Crippen molar-refractivity contribution in [2.45, 2.75) is 49.2 Å². The first-order valence-electron chi connectivity index (χ1n) is 9.70. The summed E-state index contributed by atoms with van der Waals surface area (Å²) in [5, 5.41) is -0.0777. The predicted molar refractivity (Wildman–Crippen MR) is 115 cm³/mol. The number of rotatable bonds is 5. The van der Waals surface area contributed by atoms with Crippen LogP contribution in [0.25, 0.3) is 0 Å². The molecule has 1 aromatic heterocycles. The second-order valence-electron chi connectivity index (χ2n) is 7.06. The fourth-order valence-corrected chi connectivity index (χ4v) is 6.20. The third kappa shape index (κ3) is 3.79. The Bertz CT molecular complexity index is 968. The van der Waals surface area contributed by atoms with E-state index in [9.17, 15) is 14.4 Å². The number of fused-ring (bicyclic) bond motifs is 1. The third-order valence-corrected chi connectivity index (χ3v) is 7.57. The highest BCUT2D eigenvalue weighted by Gasteiger charge is 2.43. The van der Waals surface area contributed by atoms with Gasteiger partial charge in [-0.15, -0.1) is 23.1 Å². The van der Waals surface area contributed by atoms with Crippen LogP contribution < -0.4 is 10.6 Å². The first-order valence-corrected chi connectivity index (χ1v) is 11.4. The summed E-state index contributed by atoms with van der Waals surface area (Å²) in [5.74, 6) is -0.995. The second-order valence-corrected chi connectivity index (χ2v) is 9.42. The van der Waals surface area contributed by atoms with Crippen molar-refractivity contribution < 1.29 is 19.1 Å². The molecule has 2 aliphatic rings. The van der Waals surface area contributed by atoms with Gasteiger partial charge in [-0.05, 0) is 62.4 Å². The van der Waals surface area contributed by atoms with Gasteiger partial charge in [0.1, 0.15) is 5.00 Å². The summed E-state index contributed by atoms with van der Waals surface area (Å²) in [6, 6.07) is 7.23. The Balaban J connectivity index is 1.66. The van der Waals surface area contributed by atoms with Crippen molar-refractivity contribution in [3.8, 4) is 0 Å². The van der Waals surface area contributed by atoms with E-state index in [0.29, 0.717) is 16.3 Å². The summed E-state index contributed by atoms with van der Waals surface area (Å²) in [4.78, 5) is 41.8. The highest BCUT2D eigenvalue weighted by atomic mass is 32.2. The van der Waals surface area contributed by atoms with Crippen molar-refractivity contribution >= 4 is 51.6 Å². The lowest BCUT2D eigenvalue weighted by atomic mass is 9.95. The maximum absolute atomic E-state index is 13.1. The number of hydrogen-bond donors (Lipinski definition) is 1. The number of ether oxygens (including phenoxy) is 1. The number of thioether (sulfide) groups is 1. The Morgan fingerprint density at radius 2 is 1.97 bits per heavy atom. The van der Waals surface area contributed by atoms with Crippen LogP contribution in [0, 0.1) is 0 Å². The number of aryl methyl sites for hydroxylation is 1. The quantitative estimate of drug-likeness (QED) is 0.441. The van der Waals surface area contributed by atoms with Crippen molar-refractivity contribution in [3.05, 3.63) is 40.3 Å². The smallest absolute Gasteiger partial charge is 0.341 e. The van der Waals surface area contributed by atoms with E-state index in [1.54, 1.807) is 19.1 Å². The van der Waals surface area contributed by atoms with Crippen LogP contribution in [-0.4, -0.2) is 29.6 Å². The normalized spacial score (nSPS) is 18.8. The average Bonchev–Trinajstić information content (AvgIpc) is 3.20. The minimum absolute atomic E-state index is 0.110. The molecule has 0 spiro atoms. The number of imide groups is 1. The van der Waals surface area contributed by atoms with Gasteiger partial charge in [0.15, 0.2) is 0 Å². The van der Waals surface area contributed by atoms with Crippen LogP contribution >= 0.6 is 23.1 Å². The SMILES string of the molecule is CCOC(=O)c1c(N2C(=O)CC(Sc3ccc(N)cc3)C2=O)sc2c1CCCC2. The zero-order chi connectivity index (χ0) is 20.5. The van der Waals surface area contributed by atoms with Gasteiger partial charge in [-0.1, -0.05) is 0 Å². The van der Waals surface area contributed by atoms with Gasteiger partial charge in [0, 0.05) is 21.9 Å². The van der Waals surface area contributed by atoms with Crippen molar-refractivity contribution in [2.75, 3.05) is 17.2 Å². The second kappa shape index (κ2) is 8.20. The number of benzene rings is 1. The molecule has 1 unspecified atom stereocenters. The molecule has 1 fully saturated rings. The number of esters is 1. The molecule has 0 radical (unpaired) electrons. The highest BCUT2D eigenvalue weighted by Crippen LogP contribution is 2.44. The van der Waals surface area contributed by atoms with Crippen molar-refractivity contribution in [2.24, 2.45) is 0 Å². The first kappa shape index (κ1) is 20.0. The molecule has 0 bridgehead atoms. The van der Waals surface area contributed by atoms with Crippen molar-refractivity contribution in [1.82, 2.24) is 0 Å². The Labute approximate surface area is 177 Å². The van der Waals surface area contributed by atoms with Gasteiger partial charge in [-0.2, -0.15) is 0 Å². The standard InChI is InChI=1S/C21H22N2O4S2/c1-2-27-21(26)18-14-5-3-4-6-15(14)29-20(18)23-17(24)11-16(19(23)25)28-13-9-7-12(22)8-10-13/h7-10,16H,2-6,11,22H2,1H3. The molecule has 1 atom stereocenters. The number of carbonyl (C=O) groups excluding carboxylic acids is 3. The first-order chi connectivity index (χ1) is 14.0. The van der Waals surface area contributed by atoms with E-state index >= 15 is 0 Å². The van der Waals surface area contributed by atoms with Gasteiger partial charge in [-0.25, -0.2) is 9.69 Å². The number of carbonyl (C=O) groups is 3. The molecule has 1 aliphatic heterocycles. The lowest BCUT2D eigenvalue weighted by Gasteiger charge is -2.16. The molecule has 0 saturated carbocycles. The summed E-state index contributed by atoms with van der Waals surface area (Å²) in [5.41, 5.74) is 7.72. The number of nitrogens with two attached hydrogens (primary N) is 1. The topological polar surface area (TPSA) is 89.7 Å². The zero-order valence-electron chi connectivity index (χ0n) is 16.1. The van der Waals surface area contributed by atoms with E-state index in [2.05, 4.69) is 0 Å². The molecule has 2 N–H and O–H groups in total. The van der Waals surface area contributed by atoms with E-state index in [0.717, 1.165) is 41.0 Å². The van der Waals surface area contributed by atoms with Crippen LogP contribution in [0.2, 0.25) is 0 Å². The van der Waals surface area contributed by atoms with Crippen LogP contribution in [0.4, 0.5) is 10.7 Å².